The molecule has 0 radical (unpaired) electrons. The third kappa shape index (κ3) is 1.56. The number of nitrogens with two attached hydrogens (primary N) is 1. The molecule has 0 saturated carbocycles. The Labute approximate surface area is 129 Å². The molecule has 0 bridgehead atoms. The van der Waals surface area contributed by atoms with Gasteiger partial charge in [-0.15, -0.1) is 0 Å². The first-order valence-corrected chi connectivity index (χ1v) is 7.44. The maximum Gasteiger partial charge on any atom is 0.215 e. The molecule has 2 aromatic carbocycles. The van der Waals surface area contributed by atoms with E-state index in [4.69, 9.17) is 10.2 Å². The number of aryl methyl sites for hydroxylation is 3. The van der Waals surface area contributed by atoms with Crippen molar-refractivity contribution in [3.05, 3.63) is 59.2 Å². The van der Waals surface area contributed by atoms with Gasteiger partial charge in [0.25, 0.3) is 0 Å². The minimum atomic E-state index is 0.496. The van der Waals surface area contributed by atoms with E-state index in [1.807, 2.05) is 6.92 Å². The van der Waals surface area contributed by atoms with Crippen molar-refractivity contribution in [2.75, 3.05) is 5.73 Å². The highest BCUT2D eigenvalue weighted by atomic mass is 16.4. The second-order valence-electron chi connectivity index (χ2n) is 5.86. The van der Waals surface area contributed by atoms with Gasteiger partial charge < -0.3 is 10.2 Å². The van der Waals surface area contributed by atoms with Gasteiger partial charge in [-0.2, -0.15) is 0 Å². The Kier molecular flexibility index (Phi) is 2.61. The molecule has 2 N–H and O–H groups in total. The SMILES string of the molecule is Cc1cccc(C)c1-n1c2ccccc2c2c(C)c(N)oc21. The standard InChI is InChI=1S/C19H18N2O/c1-11-7-6-8-12(2)17(11)21-15-10-5-4-9-14(15)16-13(3)18(20)22-19(16)21/h4-10H,20H2,1-3H3. The second kappa shape index (κ2) is 4.41. The number of para-hydroxylation sites is 2. The third-order valence-electron chi connectivity index (χ3n) is 4.45. The lowest BCUT2D eigenvalue weighted by molar-refractivity contribution is 0.614. The molecule has 2 heterocycles. The topological polar surface area (TPSA) is 44.1 Å². The Morgan fingerprint density at radius 1 is 0.909 bits per heavy atom. The molecular weight excluding hydrogens is 272 g/mol. The van der Waals surface area contributed by atoms with Crippen LogP contribution in [0.4, 0.5) is 5.88 Å². The number of rotatable bonds is 1. The summed E-state index contributed by atoms with van der Waals surface area (Å²) in [5.74, 6) is 0.496. The van der Waals surface area contributed by atoms with Crippen LogP contribution in [0.1, 0.15) is 16.7 Å². The largest absolute Gasteiger partial charge is 0.424 e. The van der Waals surface area contributed by atoms with Crippen molar-refractivity contribution in [1.82, 2.24) is 4.57 Å². The molecule has 0 spiro atoms. The van der Waals surface area contributed by atoms with E-state index in [2.05, 4.69) is 60.9 Å². The summed E-state index contributed by atoms with van der Waals surface area (Å²) in [6.07, 6.45) is 0. The summed E-state index contributed by atoms with van der Waals surface area (Å²) in [6, 6.07) is 14.7. The fourth-order valence-corrected chi connectivity index (χ4v) is 3.36. The number of anilines is 1. The number of hydrogen-bond acceptors (Lipinski definition) is 2. The number of aromatic nitrogens is 1. The van der Waals surface area contributed by atoms with Gasteiger partial charge in [0.15, 0.2) is 5.88 Å². The van der Waals surface area contributed by atoms with Crippen LogP contribution in [-0.2, 0) is 0 Å². The zero-order valence-corrected chi connectivity index (χ0v) is 13.0. The van der Waals surface area contributed by atoms with Gasteiger partial charge >= 0.3 is 0 Å². The fourth-order valence-electron chi connectivity index (χ4n) is 3.36. The van der Waals surface area contributed by atoms with Crippen LogP contribution in [0.5, 0.6) is 0 Å². The number of benzene rings is 2. The molecule has 0 atom stereocenters. The summed E-state index contributed by atoms with van der Waals surface area (Å²) in [5.41, 5.74) is 12.6. The highest BCUT2D eigenvalue weighted by Gasteiger charge is 2.21. The van der Waals surface area contributed by atoms with Crippen LogP contribution in [0.3, 0.4) is 0 Å². The minimum Gasteiger partial charge on any atom is -0.424 e. The molecule has 2 aromatic heterocycles. The van der Waals surface area contributed by atoms with E-state index in [1.54, 1.807) is 0 Å². The number of hydrogen-bond donors (Lipinski definition) is 1. The van der Waals surface area contributed by atoms with Crippen LogP contribution in [0.25, 0.3) is 27.7 Å². The quantitative estimate of drug-likeness (QED) is 0.542. The van der Waals surface area contributed by atoms with Crippen LogP contribution >= 0.6 is 0 Å². The number of furan rings is 1. The molecule has 3 heteroatoms. The van der Waals surface area contributed by atoms with E-state index < -0.39 is 0 Å². The van der Waals surface area contributed by atoms with Gasteiger partial charge in [-0.05, 0) is 38.0 Å². The highest BCUT2D eigenvalue weighted by molar-refractivity contribution is 6.10. The maximum atomic E-state index is 6.03. The van der Waals surface area contributed by atoms with Gasteiger partial charge in [0.1, 0.15) is 0 Å². The number of nitrogen functional groups attached to an aromatic ring is 1. The predicted octanol–water partition coefficient (Wildman–Crippen LogP) is 4.88. The van der Waals surface area contributed by atoms with E-state index in [1.165, 1.54) is 22.2 Å². The van der Waals surface area contributed by atoms with Gasteiger partial charge in [0.2, 0.25) is 5.71 Å². The average Bonchev–Trinajstić information content (AvgIpc) is 2.95. The molecule has 0 amide bonds. The van der Waals surface area contributed by atoms with Crippen molar-refractivity contribution in [3.8, 4) is 5.69 Å². The van der Waals surface area contributed by atoms with E-state index in [0.29, 0.717) is 5.88 Å². The number of fused-ring (bicyclic) bond motifs is 3. The first-order chi connectivity index (χ1) is 10.6. The molecule has 0 aliphatic carbocycles. The maximum absolute atomic E-state index is 6.03. The molecular formula is C19H18N2O. The van der Waals surface area contributed by atoms with E-state index in [0.717, 1.165) is 22.2 Å². The van der Waals surface area contributed by atoms with Crippen molar-refractivity contribution in [1.29, 1.82) is 0 Å². The van der Waals surface area contributed by atoms with Crippen molar-refractivity contribution in [3.63, 3.8) is 0 Å². The first kappa shape index (κ1) is 13.0. The Morgan fingerprint density at radius 2 is 1.59 bits per heavy atom. The molecule has 4 aromatic rings. The van der Waals surface area contributed by atoms with Crippen LogP contribution in [0.2, 0.25) is 0 Å². The third-order valence-corrected chi connectivity index (χ3v) is 4.45. The zero-order chi connectivity index (χ0) is 15.4. The molecule has 0 fully saturated rings. The lowest BCUT2D eigenvalue weighted by Gasteiger charge is -2.12. The molecule has 0 aliphatic heterocycles. The molecule has 0 saturated heterocycles. The molecule has 110 valence electrons. The Hall–Kier alpha value is -2.68. The van der Waals surface area contributed by atoms with Crippen molar-refractivity contribution in [2.24, 2.45) is 0 Å². The van der Waals surface area contributed by atoms with Crippen molar-refractivity contribution >= 4 is 27.9 Å². The van der Waals surface area contributed by atoms with Gasteiger partial charge in [-0.25, -0.2) is 0 Å². The molecule has 0 aliphatic rings. The van der Waals surface area contributed by atoms with Gasteiger partial charge in [0.05, 0.1) is 16.6 Å². The summed E-state index contributed by atoms with van der Waals surface area (Å²) in [6.45, 7) is 6.27. The average molecular weight is 290 g/mol. The smallest absolute Gasteiger partial charge is 0.215 e. The predicted molar refractivity (Wildman–Crippen MR) is 91.7 cm³/mol. The first-order valence-electron chi connectivity index (χ1n) is 7.44. The molecule has 0 unspecified atom stereocenters. The molecule has 22 heavy (non-hydrogen) atoms. The Bertz CT molecular complexity index is 1000. The van der Waals surface area contributed by atoms with Crippen LogP contribution < -0.4 is 5.73 Å². The monoisotopic (exact) mass is 290 g/mol. The second-order valence-corrected chi connectivity index (χ2v) is 5.86. The normalized spacial score (nSPS) is 11.6. The fraction of sp³-hybridized carbons (Fsp3) is 0.158. The van der Waals surface area contributed by atoms with E-state index in [-0.39, 0.29) is 0 Å². The van der Waals surface area contributed by atoms with E-state index in [9.17, 15) is 0 Å². The lowest BCUT2D eigenvalue weighted by Crippen LogP contribution is -1.99. The van der Waals surface area contributed by atoms with Crippen molar-refractivity contribution < 1.29 is 4.42 Å². The summed E-state index contributed by atoms with van der Waals surface area (Å²) >= 11 is 0. The van der Waals surface area contributed by atoms with Crippen LogP contribution in [-0.4, -0.2) is 4.57 Å². The van der Waals surface area contributed by atoms with Gasteiger partial charge in [0, 0.05) is 10.9 Å². The zero-order valence-electron chi connectivity index (χ0n) is 13.0. The summed E-state index contributed by atoms with van der Waals surface area (Å²) in [7, 11) is 0. The summed E-state index contributed by atoms with van der Waals surface area (Å²) in [4.78, 5) is 0. The van der Waals surface area contributed by atoms with Gasteiger partial charge in [-0.1, -0.05) is 36.4 Å². The van der Waals surface area contributed by atoms with Gasteiger partial charge in [-0.3, -0.25) is 4.57 Å². The Morgan fingerprint density at radius 3 is 2.32 bits per heavy atom. The Balaban J connectivity index is 2.28. The van der Waals surface area contributed by atoms with Crippen LogP contribution in [0.15, 0.2) is 46.9 Å². The van der Waals surface area contributed by atoms with Crippen LogP contribution in [0, 0.1) is 20.8 Å². The summed E-state index contributed by atoms with van der Waals surface area (Å²) in [5, 5.41) is 2.29. The van der Waals surface area contributed by atoms with E-state index >= 15 is 0 Å². The molecule has 3 nitrogen and oxygen atoms in total. The minimum absolute atomic E-state index is 0.496. The highest BCUT2D eigenvalue weighted by Crippen LogP contribution is 2.39. The summed E-state index contributed by atoms with van der Waals surface area (Å²) < 4.78 is 8.11. The number of nitrogens with zero attached hydrogens (tertiary/aromatic N) is 1. The molecule has 4 rings (SSSR count). The lowest BCUT2D eigenvalue weighted by atomic mass is 10.1. The van der Waals surface area contributed by atoms with Crippen molar-refractivity contribution in [2.45, 2.75) is 20.8 Å².